The lowest BCUT2D eigenvalue weighted by Crippen LogP contribution is -2.20. The molecule has 0 saturated carbocycles. The van der Waals surface area contributed by atoms with E-state index in [1.54, 1.807) is 6.92 Å². The van der Waals surface area contributed by atoms with Crippen molar-refractivity contribution in [3.63, 3.8) is 0 Å². The van der Waals surface area contributed by atoms with Gasteiger partial charge in [-0.3, -0.25) is 4.79 Å². The van der Waals surface area contributed by atoms with Gasteiger partial charge in [-0.05, 0) is 24.6 Å². The predicted molar refractivity (Wildman–Crippen MR) is 67.7 cm³/mol. The molecule has 0 bridgehead atoms. The van der Waals surface area contributed by atoms with Crippen LogP contribution in [0, 0.1) is 12.8 Å². The second kappa shape index (κ2) is 5.25. The van der Waals surface area contributed by atoms with Gasteiger partial charge in [-0.1, -0.05) is 19.9 Å². The smallest absolute Gasteiger partial charge is 0.307 e. The summed E-state index contributed by atoms with van der Waals surface area (Å²) in [5, 5.41) is 8.90. The highest BCUT2D eigenvalue weighted by molar-refractivity contribution is 8.00. The van der Waals surface area contributed by atoms with Crippen LogP contribution in [0.1, 0.15) is 19.4 Å². The van der Waals surface area contributed by atoms with E-state index in [4.69, 9.17) is 10.8 Å². The van der Waals surface area contributed by atoms with Crippen molar-refractivity contribution in [3.8, 4) is 0 Å². The van der Waals surface area contributed by atoms with Crippen molar-refractivity contribution >= 4 is 23.4 Å². The van der Waals surface area contributed by atoms with Crippen LogP contribution in [-0.4, -0.2) is 16.3 Å². The first kappa shape index (κ1) is 12.9. The number of carbonyl (C=O) groups is 1. The van der Waals surface area contributed by atoms with Gasteiger partial charge in [0.2, 0.25) is 0 Å². The van der Waals surface area contributed by atoms with Gasteiger partial charge in [-0.15, -0.1) is 11.8 Å². The average molecular weight is 239 g/mol. The Hall–Kier alpha value is -1.16. The van der Waals surface area contributed by atoms with Crippen LogP contribution in [0.25, 0.3) is 0 Å². The van der Waals surface area contributed by atoms with Crippen LogP contribution < -0.4 is 5.73 Å². The summed E-state index contributed by atoms with van der Waals surface area (Å²) in [6.07, 6.45) is 0. The molecule has 1 aromatic carbocycles. The standard InChI is InChI=1S/C12H17NO2S/c1-7-4-5-11(10(13)6-7)16-9(3)8(2)12(14)15/h4-6,8-9H,13H2,1-3H3,(H,14,15). The first-order chi connectivity index (χ1) is 7.41. The molecular weight excluding hydrogens is 222 g/mol. The van der Waals surface area contributed by atoms with Gasteiger partial charge in [-0.2, -0.15) is 0 Å². The third kappa shape index (κ3) is 3.17. The van der Waals surface area contributed by atoms with Gasteiger partial charge in [0.1, 0.15) is 0 Å². The van der Waals surface area contributed by atoms with E-state index < -0.39 is 5.97 Å². The van der Waals surface area contributed by atoms with Crippen molar-refractivity contribution in [1.29, 1.82) is 0 Å². The summed E-state index contributed by atoms with van der Waals surface area (Å²) in [5.74, 6) is -1.16. The lowest BCUT2D eigenvalue weighted by molar-refractivity contribution is -0.140. The van der Waals surface area contributed by atoms with Crippen LogP contribution in [0.2, 0.25) is 0 Å². The number of anilines is 1. The molecule has 1 aromatic rings. The highest BCUT2D eigenvalue weighted by atomic mass is 32.2. The summed E-state index contributed by atoms with van der Waals surface area (Å²) >= 11 is 1.51. The summed E-state index contributed by atoms with van der Waals surface area (Å²) in [6.45, 7) is 5.60. The van der Waals surface area contributed by atoms with Crippen molar-refractivity contribution in [1.82, 2.24) is 0 Å². The molecule has 0 saturated heterocycles. The van der Waals surface area contributed by atoms with Crippen LogP contribution in [-0.2, 0) is 4.79 Å². The minimum atomic E-state index is -0.773. The second-order valence-electron chi connectivity index (χ2n) is 3.99. The minimum absolute atomic E-state index is 0.00232. The van der Waals surface area contributed by atoms with E-state index in [2.05, 4.69) is 0 Å². The normalized spacial score (nSPS) is 14.4. The van der Waals surface area contributed by atoms with E-state index in [-0.39, 0.29) is 11.2 Å². The molecule has 16 heavy (non-hydrogen) atoms. The number of thioether (sulfide) groups is 1. The topological polar surface area (TPSA) is 63.3 Å². The number of nitrogen functional groups attached to an aromatic ring is 1. The van der Waals surface area contributed by atoms with Crippen molar-refractivity contribution in [3.05, 3.63) is 23.8 Å². The van der Waals surface area contributed by atoms with Crippen molar-refractivity contribution in [2.75, 3.05) is 5.73 Å². The van der Waals surface area contributed by atoms with E-state index >= 15 is 0 Å². The van der Waals surface area contributed by atoms with Crippen molar-refractivity contribution < 1.29 is 9.90 Å². The quantitative estimate of drug-likeness (QED) is 0.626. The number of carboxylic acids is 1. The Labute approximate surface area is 100 Å². The molecule has 3 N–H and O–H groups in total. The molecular formula is C12H17NO2S. The van der Waals surface area contributed by atoms with Gasteiger partial charge in [0.05, 0.1) is 5.92 Å². The first-order valence-electron chi connectivity index (χ1n) is 5.17. The number of aliphatic carboxylic acids is 1. The van der Waals surface area contributed by atoms with E-state index in [0.29, 0.717) is 0 Å². The number of nitrogens with two attached hydrogens (primary N) is 1. The molecule has 0 spiro atoms. The Kier molecular flexibility index (Phi) is 4.24. The molecule has 0 aliphatic rings. The molecule has 88 valence electrons. The molecule has 4 heteroatoms. The van der Waals surface area contributed by atoms with Crippen LogP contribution in [0.15, 0.2) is 23.1 Å². The van der Waals surface area contributed by atoms with Crippen LogP contribution in [0.3, 0.4) is 0 Å². The van der Waals surface area contributed by atoms with Gasteiger partial charge in [0.15, 0.2) is 0 Å². The number of carboxylic acid groups (broad SMARTS) is 1. The SMILES string of the molecule is Cc1ccc(SC(C)C(C)C(=O)O)c(N)c1. The highest BCUT2D eigenvalue weighted by Gasteiger charge is 2.20. The van der Waals surface area contributed by atoms with Crippen LogP contribution in [0.4, 0.5) is 5.69 Å². The Morgan fingerprint density at radius 3 is 2.56 bits per heavy atom. The lowest BCUT2D eigenvalue weighted by atomic mass is 10.1. The zero-order valence-electron chi connectivity index (χ0n) is 9.73. The summed E-state index contributed by atoms with van der Waals surface area (Å²) in [7, 11) is 0. The molecule has 1 rings (SSSR count). The van der Waals surface area contributed by atoms with E-state index in [0.717, 1.165) is 16.1 Å². The van der Waals surface area contributed by atoms with Gasteiger partial charge in [-0.25, -0.2) is 0 Å². The molecule has 3 nitrogen and oxygen atoms in total. The zero-order chi connectivity index (χ0) is 12.3. The van der Waals surface area contributed by atoms with Gasteiger partial charge < -0.3 is 10.8 Å². The van der Waals surface area contributed by atoms with Crippen LogP contribution in [0.5, 0.6) is 0 Å². The fourth-order valence-corrected chi connectivity index (χ4v) is 2.34. The van der Waals surface area contributed by atoms with Gasteiger partial charge in [0.25, 0.3) is 0 Å². The maximum atomic E-state index is 10.8. The summed E-state index contributed by atoms with van der Waals surface area (Å²) in [4.78, 5) is 11.8. The Morgan fingerprint density at radius 2 is 2.06 bits per heavy atom. The molecule has 2 atom stereocenters. The summed E-state index contributed by atoms with van der Waals surface area (Å²) < 4.78 is 0. The molecule has 0 amide bonds. The van der Waals surface area contributed by atoms with Gasteiger partial charge >= 0.3 is 5.97 Å². The Morgan fingerprint density at radius 1 is 1.44 bits per heavy atom. The maximum Gasteiger partial charge on any atom is 0.307 e. The number of rotatable bonds is 4. The lowest BCUT2D eigenvalue weighted by Gasteiger charge is -2.16. The van der Waals surface area contributed by atoms with Gasteiger partial charge in [0, 0.05) is 15.8 Å². The second-order valence-corrected chi connectivity index (χ2v) is 5.41. The van der Waals surface area contributed by atoms with E-state index in [9.17, 15) is 4.79 Å². The number of hydrogen-bond donors (Lipinski definition) is 2. The molecule has 0 aromatic heterocycles. The highest BCUT2D eigenvalue weighted by Crippen LogP contribution is 2.32. The van der Waals surface area contributed by atoms with Crippen LogP contribution >= 0.6 is 11.8 Å². The number of hydrogen-bond acceptors (Lipinski definition) is 3. The molecule has 0 radical (unpaired) electrons. The Balaban J connectivity index is 2.77. The first-order valence-corrected chi connectivity index (χ1v) is 6.05. The third-order valence-electron chi connectivity index (χ3n) is 2.57. The average Bonchev–Trinajstić information content (AvgIpc) is 2.20. The molecule has 0 heterocycles. The fourth-order valence-electron chi connectivity index (χ4n) is 1.28. The molecule has 0 fully saturated rings. The predicted octanol–water partition coefficient (Wildman–Crippen LogP) is 2.78. The monoisotopic (exact) mass is 239 g/mol. The molecule has 0 aliphatic carbocycles. The number of benzene rings is 1. The Bertz CT molecular complexity index is 393. The molecule has 0 aliphatic heterocycles. The largest absolute Gasteiger partial charge is 0.481 e. The number of aryl methyl sites for hydroxylation is 1. The third-order valence-corrected chi connectivity index (χ3v) is 3.98. The fraction of sp³-hybridized carbons (Fsp3) is 0.417. The molecule has 2 unspecified atom stereocenters. The zero-order valence-corrected chi connectivity index (χ0v) is 10.5. The van der Waals surface area contributed by atoms with Crippen molar-refractivity contribution in [2.45, 2.75) is 30.9 Å². The summed E-state index contributed by atoms with van der Waals surface area (Å²) in [5.41, 5.74) is 7.71. The minimum Gasteiger partial charge on any atom is -0.481 e. The van der Waals surface area contributed by atoms with E-state index in [1.165, 1.54) is 11.8 Å². The van der Waals surface area contributed by atoms with E-state index in [1.807, 2.05) is 32.0 Å². The summed E-state index contributed by atoms with van der Waals surface area (Å²) in [6, 6.07) is 5.83. The van der Waals surface area contributed by atoms with Crippen molar-refractivity contribution in [2.24, 2.45) is 5.92 Å². The maximum absolute atomic E-state index is 10.8.